The molecule has 1 aliphatic carbocycles. The fraction of sp³-hybridized carbons (Fsp3) is 0.933. The van der Waals surface area contributed by atoms with Crippen LogP contribution < -0.4 is 0 Å². The fourth-order valence-electron chi connectivity index (χ4n) is 3.12. The summed E-state index contributed by atoms with van der Waals surface area (Å²) in [5.74, 6) is 0. The predicted molar refractivity (Wildman–Crippen MR) is 77.6 cm³/mol. The molecule has 1 saturated carbocycles. The molecule has 2 rings (SSSR count). The molecule has 1 amide bonds. The summed E-state index contributed by atoms with van der Waals surface area (Å²) in [5, 5.41) is 10.0. The highest BCUT2D eigenvalue weighted by Gasteiger charge is 2.32. The monoisotopic (exact) mass is 284 g/mol. The van der Waals surface area contributed by atoms with Crippen molar-refractivity contribution in [2.24, 2.45) is 0 Å². The molecular formula is C15H28N2O3. The van der Waals surface area contributed by atoms with E-state index in [2.05, 4.69) is 4.90 Å². The van der Waals surface area contributed by atoms with Gasteiger partial charge in [-0.25, -0.2) is 4.79 Å². The Balaban J connectivity index is 1.87. The first kappa shape index (κ1) is 15.6. The summed E-state index contributed by atoms with van der Waals surface area (Å²) < 4.78 is 5.43. The molecule has 2 aliphatic rings. The van der Waals surface area contributed by atoms with Crippen LogP contribution in [0.4, 0.5) is 4.79 Å². The van der Waals surface area contributed by atoms with E-state index in [0.717, 1.165) is 45.3 Å². The Kier molecular flexibility index (Phi) is 4.91. The molecule has 0 aromatic heterocycles. The van der Waals surface area contributed by atoms with Crippen LogP contribution >= 0.6 is 0 Å². The van der Waals surface area contributed by atoms with Crippen LogP contribution in [0.25, 0.3) is 0 Å². The Morgan fingerprint density at radius 3 is 2.45 bits per heavy atom. The quantitative estimate of drug-likeness (QED) is 0.798. The van der Waals surface area contributed by atoms with E-state index in [-0.39, 0.29) is 18.2 Å². The smallest absolute Gasteiger partial charge is 0.410 e. The van der Waals surface area contributed by atoms with Crippen LogP contribution in [-0.2, 0) is 4.74 Å². The zero-order valence-corrected chi connectivity index (χ0v) is 13.0. The van der Waals surface area contributed by atoms with Gasteiger partial charge in [0.15, 0.2) is 0 Å². The largest absolute Gasteiger partial charge is 0.444 e. The number of aliphatic hydroxyl groups excluding tert-OH is 1. The van der Waals surface area contributed by atoms with Crippen molar-refractivity contribution >= 4 is 6.09 Å². The minimum Gasteiger partial charge on any atom is -0.444 e. The summed E-state index contributed by atoms with van der Waals surface area (Å²) in [6, 6.07) is 0.286. The van der Waals surface area contributed by atoms with Crippen molar-refractivity contribution in [3.8, 4) is 0 Å². The van der Waals surface area contributed by atoms with E-state index in [1.807, 2.05) is 20.8 Å². The Hall–Kier alpha value is -0.810. The normalized spacial score (nSPS) is 29.3. The van der Waals surface area contributed by atoms with E-state index in [9.17, 15) is 9.90 Å². The minimum atomic E-state index is -0.440. The lowest BCUT2D eigenvalue weighted by molar-refractivity contribution is 0.0247. The van der Waals surface area contributed by atoms with Crippen LogP contribution in [0.15, 0.2) is 0 Å². The maximum atomic E-state index is 12.1. The molecule has 20 heavy (non-hydrogen) atoms. The van der Waals surface area contributed by atoms with Crippen molar-refractivity contribution in [3.63, 3.8) is 0 Å². The van der Waals surface area contributed by atoms with Crippen molar-refractivity contribution in [1.29, 1.82) is 0 Å². The lowest BCUT2D eigenvalue weighted by Gasteiger charge is -2.30. The third kappa shape index (κ3) is 4.09. The van der Waals surface area contributed by atoms with E-state index in [0.29, 0.717) is 6.54 Å². The summed E-state index contributed by atoms with van der Waals surface area (Å²) in [6.07, 6.45) is 3.64. The molecule has 1 N–H and O–H groups in total. The highest BCUT2D eigenvalue weighted by atomic mass is 16.6. The maximum Gasteiger partial charge on any atom is 0.410 e. The number of amides is 1. The molecule has 2 fully saturated rings. The topological polar surface area (TPSA) is 53.0 Å². The van der Waals surface area contributed by atoms with Gasteiger partial charge in [0, 0.05) is 32.2 Å². The van der Waals surface area contributed by atoms with E-state index in [1.54, 1.807) is 4.90 Å². The molecular weight excluding hydrogens is 256 g/mol. The van der Waals surface area contributed by atoms with Gasteiger partial charge in [0.25, 0.3) is 0 Å². The van der Waals surface area contributed by atoms with Gasteiger partial charge in [0.2, 0.25) is 0 Å². The highest BCUT2D eigenvalue weighted by Crippen LogP contribution is 2.25. The standard InChI is InChI=1S/C15H28N2O3/c1-15(2,3)20-14(19)17-9-5-8-16(10-11-17)12-6-4-7-13(12)18/h12-13,18H,4-11H2,1-3H3. The van der Waals surface area contributed by atoms with Crippen molar-refractivity contribution in [1.82, 2.24) is 9.80 Å². The van der Waals surface area contributed by atoms with Gasteiger partial charge in [-0.3, -0.25) is 4.90 Å². The van der Waals surface area contributed by atoms with Gasteiger partial charge in [-0.05, 0) is 46.5 Å². The number of nitrogens with zero attached hydrogens (tertiary/aromatic N) is 2. The molecule has 5 nitrogen and oxygen atoms in total. The summed E-state index contributed by atoms with van der Waals surface area (Å²) in [4.78, 5) is 16.2. The zero-order valence-electron chi connectivity index (χ0n) is 13.0. The minimum absolute atomic E-state index is 0.192. The summed E-state index contributed by atoms with van der Waals surface area (Å²) in [6.45, 7) is 8.91. The molecule has 2 unspecified atom stereocenters. The first-order chi connectivity index (χ1) is 9.37. The summed E-state index contributed by atoms with van der Waals surface area (Å²) in [7, 11) is 0. The Morgan fingerprint density at radius 2 is 1.85 bits per heavy atom. The third-order valence-corrected chi connectivity index (χ3v) is 4.10. The molecule has 5 heteroatoms. The highest BCUT2D eigenvalue weighted by molar-refractivity contribution is 5.68. The predicted octanol–water partition coefficient (Wildman–Crippen LogP) is 1.84. The molecule has 116 valence electrons. The van der Waals surface area contributed by atoms with Gasteiger partial charge in [0.05, 0.1) is 6.10 Å². The first-order valence-corrected chi connectivity index (χ1v) is 7.77. The van der Waals surface area contributed by atoms with Gasteiger partial charge in [-0.2, -0.15) is 0 Å². The number of carbonyl (C=O) groups is 1. The van der Waals surface area contributed by atoms with Gasteiger partial charge in [-0.15, -0.1) is 0 Å². The van der Waals surface area contributed by atoms with Gasteiger partial charge < -0.3 is 14.7 Å². The lowest BCUT2D eigenvalue weighted by atomic mass is 10.1. The number of carbonyl (C=O) groups excluding carboxylic acids is 1. The molecule has 0 spiro atoms. The van der Waals surface area contributed by atoms with Crippen molar-refractivity contribution in [2.75, 3.05) is 26.2 Å². The average Bonchev–Trinajstić information content (AvgIpc) is 2.62. The van der Waals surface area contributed by atoms with Crippen LogP contribution in [0.1, 0.15) is 46.5 Å². The number of rotatable bonds is 1. The SMILES string of the molecule is CC(C)(C)OC(=O)N1CCCN(C2CCCC2O)CC1. The van der Waals surface area contributed by atoms with Crippen LogP contribution in [-0.4, -0.2) is 64.9 Å². The maximum absolute atomic E-state index is 12.1. The average molecular weight is 284 g/mol. The molecule has 1 aliphatic heterocycles. The van der Waals surface area contributed by atoms with E-state index < -0.39 is 5.60 Å². The van der Waals surface area contributed by atoms with Crippen LogP contribution in [0.2, 0.25) is 0 Å². The molecule has 1 heterocycles. The second-order valence-corrected chi connectivity index (χ2v) is 6.92. The van der Waals surface area contributed by atoms with Crippen molar-refractivity contribution in [2.45, 2.75) is 64.2 Å². The van der Waals surface area contributed by atoms with Gasteiger partial charge in [-0.1, -0.05) is 0 Å². The zero-order chi connectivity index (χ0) is 14.8. The third-order valence-electron chi connectivity index (χ3n) is 4.10. The Labute approximate surface area is 121 Å². The number of hydrogen-bond acceptors (Lipinski definition) is 4. The molecule has 0 aromatic rings. The Morgan fingerprint density at radius 1 is 1.10 bits per heavy atom. The molecule has 0 aromatic carbocycles. The summed E-state index contributed by atoms with van der Waals surface area (Å²) >= 11 is 0. The van der Waals surface area contributed by atoms with Crippen LogP contribution in [0.3, 0.4) is 0 Å². The molecule has 2 atom stereocenters. The molecule has 0 radical (unpaired) electrons. The van der Waals surface area contributed by atoms with E-state index in [1.165, 1.54) is 0 Å². The van der Waals surface area contributed by atoms with E-state index >= 15 is 0 Å². The van der Waals surface area contributed by atoms with Crippen molar-refractivity contribution in [3.05, 3.63) is 0 Å². The molecule has 1 saturated heterocycles. The second kappa shape index (κ2) is 6.31. The number of aliphatic hydroxyl groups is 1. The molecule has 0 bridgehead atoms. The van der Waals surface area contributed by atoms with E-state index in [4.69, 9.17) is 4.74 Å². The Bertz CT molecular complexity index is 341. The van der Waals surface area contributed by atoms with Gasteiger partial charge in [0.1, 0.15) is 5.60 Å². The van der Waals surface area contributed by atoms with Crippen molar-refractivity contribution < 1.29 is 14.6 Å². The second-order valence-electron chi connectivity index (χ2n) is 6.92. The lowest BCUT2D eigenvalue weighted by Crippen LogP contribution is -2.43. The van der Waals surface area contributed by atoms with Crippen LogP contribution in [0, 0.1) is 0 Å². The first-order valence-electron chi connectivity index (χ1n) is 7.77. The van der Waals surface area contributed by atoms with Gasteiger partial charge >= 0.3 is 6.09 Å². The summed E-state index contributed by atoms with van der Waals surface area (Å²) in [5.41, 5.74) is -0.440. The number of ether oxygens (including phenoxy) is 1. The van der Waals surface area contributed by atoms with Crippen LogP contribution in [0.5, 0.6) is 0 Å². The number of hydrogen-bond donors (Lipinski definition) is 1. The fourth-order valence-corrected chi connectivity index (χ4v) is 3.12.